The van der Waals surface area contributed by atoms with Gasteiger partial charge in [0.15, 0.2) is 11.6 Å². The third kappa shape index (κ3) is 2.76. The van der Waals surface area contributed by atoms with Crippen LogP contribution in [0.3, 0.4) is 0 Å². The molecule has 3 aromatic rings. The number of fused-ring (bicyclic) bond motifs is 2. The Balaban J connectivity index is 2.13. The van der Waals surface area contributed by atoms with Gasteiger partial charge in [-0.25, -0.2) is 4.39 Å². The van der Waals surface area contributed by atoms with Gasteiger partial charge in [0.2, 0.25) is 0 Å². The molecular weight excluding hydrogens is 418 g/mol. The second-order valence-corrected chi connectivity index (χ2v) is 7.14. The zero-order valence-corrected chi connectivity index (χ0v) is 16.6. The Morgan fingerprint density at radius 1 is 1.28 bits per heavy atom. The molecule has 9 heteroatoms. The fourth-order valence-corrected chi connectivity index (χ4v) is 4.11. The Bertz CT molecular complexity index is 1290. The second-order valence-electron chi connectivity index (χ2n) is 6.39. The zero-order chi connectivity index (χ0) is 20.9. The molecule has 1 aromatic heterocycles. The highest BCUT2D eigenvalue weighted by Gasteiger charge is 2.30. The maximum Gasteiger partial charge on any atom is 0.197 e. The van der Waals surface area contributed by atoms with E-state index >= 15 is 0 Å². The first-order chi connectivity index (χ1) is 13.9. The van der Waals surface area contributed by atoms with Gasteiger partial charge in [0.25, 0.3) is 0 Å². The number of carbonyl (C=O) groups is 1. The standard InChI is InChI=1S/C20H13Cl2FN4O2/c1-29-10-4-2-9(3-5-10)18(28)14-12-13(19(25)27-7-6-26-20(14)27)15(21)11(8-24)17(23)16(12)22/h2-5,25-26H,6-7H2,1H3. The van der Waals surface area contributed by atoms with Crippen LogP contribution in [0.4, 0.5) is 10.2 Å². The first-order valence-electron chi connectivity index (χ1n) is 8.55. The van der Waals surface area contributed by atoms with Crippen LogP contribution in [0.5, 0.6) is 5.75 Å². The summed E-state index contributed by atoms with van der Waals surface area (Å²) in [7, 11) is 1.52. The Labute approximate surface area is 174 Å². The molecule has 1 aliphatic rings. The monoisotopic (exact) mass is 430 g/mol. The van der Waals surface area contributed by atoms with Gasteiger partial charge in [-0.15, -0.1) is 0 Å². The number of pyridine rings is 1. The Hall–Kier alpha value is -3.08. The van der Waals surface area contributed by atoms with Gasteiger partial charge in [0, 0.05) is 29.4 Å². The molecule has 0 spiro atoms. The fourth-order valence-electron chi connectivity index (χ4n) is 3.52. The van der Waals surface area contributed by atoms with Crippen molar-refractivity contribution in [3.05, 3.63) is 62.3 Å². The SMILES string of the molecule is COc1ccc(C(=O)c2c3n(c(=N)c4c(Cl)c(C#N)c(F)c(Cl)c24)CCN3)cc1. The van der Waals surface area contributed by atoms with Gasteiger partial charge < -0.3 is 14.6 Å². The van der Waals surface area contributed by atoms with Crippen molar-refractivity contribution in [1.29, 1.82) is 10.7 Å². The number of anilines is 1. The number of nitrogens with one attached hydrogen (secondary N) is 2. The van der Waals surface area contributed by atoms with Crippen molar-refractivity contribution in [3.63, 3.8) is 0 Å². The van der Waals surface area contributed by atoms with Crippen molar-refractivity contribution < 1.29 is 13.9 Å². The van der Waals surface area contributed by atoms with Crippen LogP contribution in [0.25, 0.3) is 10.8 Å². The molecule has 0 aliphatic carbocycles. The number of hydrogen-bond acceptors (Lipinski definition) is 5. The van der Waals surface area contributed by atoms with Crippen LogP contribution in [0.15, 0.2) is 24.3 Å². The molecule has 146 valence electrons. The maximum absolute atomic E-state index is 14.8. The molecule has 0 unspecified atom stereocenters. The molecule has 2 heterocycles. The molecule has 0 atom stereocenters. The lowest BCUT2D eigenvalue weighted by molar-refractivity contribution is 0.104. The molecule has 1 aliphatic heterocycles. The molecule has 0 saturated carbocycles. The van der Waals surface area contributed by atoms with E-state index in [1.165, 1.54) is 7.11 Å². The van der Waals surface area contributed by atoms with Crippen molar-refractivity contribution >= 4 is 45.6 Å². The largest absolute Gasteiger partial charge is 0.497 e. The summed E-state index contributed by atoms with van der Waals surface area (Å²) in [5, 5.41) is 20.3. The summed E-state index contributed by atoms with van der Waals surface area (Å²) < 4.78 is 21.5. The van der Waals surface area contributed by atoms with Crippen molar-refractivity contribution in [2.45, 2.75) is 6.54 Å². The Morgan fingerprint density at radius 3 is 2.59 bits per heavy atom. The van der Waals surface area contributed by atoms with Crippen LogP contribution in [-0.2, 0) is 6.54 Å². The minimum Gasteiger partial charge on any atom is -0.497 e. The average Bonchev–Trinajstić information content (AvgIpc) is 3.22. The summed E-state index contributed by atoms with van der Waals surface area (Å²) in [5.74, 6) is -0.488. The number of hydrogen-bond donors (Lipinski definition) is 2. The molecule has 2 N–H and O–H groups in total. The molecule has 0 amide bonds. The van der Waals surface area contributed by atoms with Crippen molar-refractivity contribution in [3.8, 4) is 11.8 Å². The second kappa shape index (κ2) is 7.07. The lowest BCUT2D eigenvalue weighted by Crippen LogP contribution is -2.22. The van der Waals surface area contributed by atoms with Gasteiger partial charge >= 0.3 is 0 Å². The van der Waals surface area contributed by atoms with Crippen LogP contribution in [0.1, 0.15) is 21.5 Å². The summed E-state index contributed by atoms with van der Waals surface area (Å²) >= 11 is 12.5. The summed E-state index contributed by atoms with van der Waals surface area (Å²) in [6, 6.07) is 8.13. The number of halogens is 3. The first-order valence-corrected chi connectivity index (χ1v) is 9.30. The normalized spacial score (nSPS) is 12.4. The summed E-state index contributed by atoms with van der Waals surface area (Å²) in [5.41, 5.74) is -0.0612. The summed E-state index contributed by atoms with van der Waals surface area (Å²) in [6.45, 7) is 0.897. The highest BCUT2D eigenvalue weighted by molar-refractivity contribution is 6.43. The van der Waals surface area contributed by atoms with E-state index < -0.39 is 22.2 Å². The number of rotatable bonds is 3. The van der Waals surface area contributed by atoms with E-state index in [9.17, 15) is 14.4 Å². The smallest absolute Gasteiger partial charge is 0.197 e. The van der Waals surface area contributed by atoms with Gasteiger partial charge in [-0.2, -0.15) is 5.26 Å². The van der Waals surface area contributed by atoms with E-state index in [1.54, 1.807) is 34.9 Å². The third-order valence-electron chi connectivity index (χ3n) is 4.90. The molecule has 0 bridgehead atoms. The Kier molecular flexibility index (Phi) is 4.69. The lowest BCUT2D eigenvalue weighted by atomic mass is 9.96. The zero-order valence-electron chi connectivity index (χ0n) is 15.1. The van der Waals surface area contributed by atoms with Crippen LogP contribution in [0.2, 0.25) is 10.0 Å². The fraction of sp³-hybridized carbons (Fsp3) is 0.150. The minimum atomic E-state index is -1.02. The van der Waals surface area contributed by atoms with E-state index in [1.807, 2.05) is 0 Å². The van der Waals surface area contributed by atoms with Gasteiger partial charge in [0.1, 0.15) is 28.7 Å². The lowest BCUT2D eigenvalue weighted by Gasteiger charge is -2.17. The molecular formula is C20H13Cl2FN4O2. The predicted molar refractivity (Wildman–Crippen MR) is 107 cm³/mol. The topological polar surface area (TPSA) is 90.9 Å². The Morgan fingerprint density at radius 2 is 1.97 bits per heavy atom. The molecule has 4 rings (SSSR count). The number of nitrogens with zero attached hydrogens (tertiary/aromatic N) is 2. The van der Waals surface area contributed by atoms with Gasteiger partial charge in [-0.05, 0) is 24.3 Å². The van der Waals surface area contributed by atoms with Crippen molar-refractivity contribution in [2.75, 3.05) is 19.0 Å². The quantitative estimate of drug-likeness (QED) is 0.483. The van der Waals surface area contributed by atoms with E-state index in [2.05, 4.69) is 5.32 Å². The van der Waals surface area contributed by atoms with Gasteiger partial charge in [-0.3, -0.25) is 10.2 Å². The van der Waals surface area contributed by atoms with Crippen molar-refractivity contribution in [2.24, 2.45) is 0 Å². The highest BCUT2D eigenvalue weighted by Crippen LogP contribution is 2.40. The molecule has 0 saturated heterocycles. The van der Waals surface area contributed by atoms with E-state index in [0.717, 1.165) is 0 Å². The molecule has 6 nitrogen and oxygen atoms in total. The summed E-state index contributed by atoms with van der Waals surface area (Å²) in [4.78, 5) is 13.4. The number of benzene rings is 2. The number of ketones is 1. The van der Waals surface area contributed by atoms with Gasteiger partial charge in [0.05, 0.1) is 22.7 Å². The molecule has 29 heavy (non-hydrogen) atoms. The van der Waals surface area contributed by atoms with E-state index in [4.69, 9.17) is 33.3 Å². The van der Waals surface area contributed by atoms with Gasteiger partial charge in [-0.1, -0.05) is 23.2 Å². The molecule has 0 fully saturated rings. The third-order valence-corrected chi connectivity index (χ3v) is 5.64. The maximum atomic E-state index is 14.8. The van der Waals surface area contributed by atoms with E-state index in [-0.39, 0.29) is 26.8 Å². The highest BCUT2D eigenvalue weighted by atomic mass is 35.5. The van der Waals surface area contributed by atoms with Crippen molar-refractivity contribution in [1.82, 2.24) is 4.57 Å². The number of methoxy groups -OCH3 is 1. The number of carbonyl (C=O) groups excluding carboxylic acids is 1. The number of ether oxygens (including phenoxy) is 1. The van der Waals surface area contributed by atoms with Crippen LogP contribution < -0.4 is 15.5 Å². The average molecular weight is 431 g/mol. The molecule has 2 aromatic carbocycles. The van der Waals surface area contributed by atoms with E-state index in [0.29, 0.717) is 30.2 Å². The van der Waals surface area contributed by atoms with Crippen LogP contribution >= 0.6 is 23.2 Å². The number of aromatic nitrogens is 1. The van der Waals surface area contributed by atoms with Crippen LogP contribution in [-0.4, -0.2) is 24.0 Å². The number of nitriles is 1. The molecule has 0 radical (unpaired) electrons. The van der Waals surface area contributed by atoms with Crippen LogP contribution in [0, 0.1) is 22.6 Å². The first kappa shape index (κ1) is 19.2. The predicted octanol–water partition coefficient (Wildman–Crippen LogP) is 4.10. The minimum absolute atomic E-state index is 0.0136. The summed E-state index contributed by atoms with van der Waals surface area (Å²) in [6.07, 6.45) is 0.